The van der Waals surface area contributed by atoms with E-state index in [1.54, 1.807) is 5.57 Å². The number of benzene rings is 4. The van der Waals surface area contributed by atoms with Gasteiger partial charge in [0, 0.05) is 11.1 Å². The fourth-order valence-electron chi connectivity index (χ4n) is 7.64. The van der Waals surface area contributed by atoms with Crippen LogP contribution in [0.3, 0.4) is 0 Å². The van der Waals surface area contributed by atoms with Crippen LogP contribution in [0.1, 0.15) is 81.3 Å². The van der Waals surface area contributed by atoms with Crippen LogP contribution in [-0.4, -0.2) is 0 Å². The smallest absolute Gasteiger partial charge is 0.0569 e. The van der Waals surface area contributed by atoms with E-state index in [9.17, 15) is 0 Å². The SMILES string of the molecule is Cc1ccc(NC(C)(C)c2ccc3c(c2)C(C)(C)c2cc4c(cc2-3)C(C)(C)C2CC=c3ccccc3=C42)cc1. The molecule has 0 aliphatic heterocycles. The molecular weight excluding hydrogens is 470 g/mol. The molecule has 1 unspecified atom stereocenters. The van der Waals surface area contributed by atoms with Gasteiger partial charge in [-0.05, 0) is 118 Å². The highest BCUT2D eigenvalue weighted by Crippen LogP contribution is 2.57. The summed E-state index contributed by atoms with van der Waals surface area (Å²) >= 11 is 0. The van der Waals surface area contributed by atoms with Gasteiger partial charge in [-0.25, -0.2) is 0 Å². The predicted molar refractivity (Wildman–Crippen MR) is 166 cm³/mol. The summed E-state index contributed by atoms with van der Waals surface area (Å²) in [5.41, 5.74) is 13.9. The van der Waals surface area contributed by atoms with Gasteiger partial charge in [0.05, 0.1) is 5.54 Å². The zero-order valence-electron chi connectivity index (χ0n) is 24.4. The number of nitrogens with one attached hydrogen (secondary N) is 1. The lowest BCUT2D eigenvalue weighted by molar-refractivity contribution is 0.420. The topological polar surface area (TPSA) is 12.0 Å². The molecule has 4 aromatic carbocycles. The van der Waals surface area contributed by atoms with Crippen molar-refractivity contribution in [3.8, 4) is 11.1 Å². The number of fused-ring (bicyclic) bond motifs is 7. The van der Waals surface area contributed by atoms with Crippen LogP contribution >= 0.6 is 0 Å². The summed E-state index contributed by atoms with van der Waals surface area (Å²) in [6, 6.07) is 30.0. The van der Waals surface area contributed by atoms with Gasteiger partial charge < -0.3 is 5.32 Å². The second kappa shape index (κ2) is 7.98. The van der Waals surface area contributed by atoms with Crippen molar-refractivity contribution in [1.82, 2.24) is 0 Å². The second-order valence-corrected chi connectivity index (χ2v) is 13.7. The maximum Gasteiger partial charge on any atom is 0.0569 e. The highest BCUT2D eigenvalue weighted by atomic mass is 15.0. The van der Waals surface area contributed by atoms with E-state index >= 15 is 0 Å². The maximum atomic E-state index is 3.78. The number of hydrogen-bond acceptors (Lipinski definition) is 1. The summed E-state index contributed by atoms with van der Waals surface area (Å²) < 4.78 is 0. The van der Waals surface area contributed by atoms with Crippen molar-refractivity contribution in [3.05, 3.63) is 123 Å². The van der Waals surface area contributed by atoms with Crippen molar-refractivity contribution in [1.29, 1.82) is 0 Å². The predicted octanol–water partition coefficient (Wildman–Crippen LogP) is 7.94. The highest BCUT2D eigenvalue weighted by Gasteiger charge is 2.46. The normalized spacial score (nSPS) is 19.4. The van der Waals surface area contributed by atoms with Gasteiger partial charge >= 0.3 is 0 Å². The van der Waals surface area contributed by atoms with E-state index in [0.29, 0.717) is 5.92 Å². The highest BCUT2D eigenvalue weighted by molar-refractivity contribution is 5.88. The molecule has 0 radical (unpaired) electrons. The Hall–Kier alpha value is -3.58. The average molecular weight is 510 g/mol. The largest absolute Gasteiger partial charge is 0.376 e. The second-order valence-electron chi connectivity index (χ2n) is 13.7. The van der Waals surface area contributed by atoms with Crippen LogP contribution in [-0.2, 0) is 16.4 Å². The molecule has 0 spiro atoms. The Kier molecular flexibility index (Phi) is 5.00. The van der Waals surface area contributed by atoms with Gasteiger partial charge in [-0.3, -0.25) is 0 Å². The van der Waals surface area contributed by atoms with Crippen LogP contribution in [0.25, 0.3) is 22.8 Å². The Labute approximate surface area is 233 Å². The molecule has 1 heteroatoms. The van der Waals surface area contributed by atoms with Crippen LogP contribution in [0.5, 0.6) is 0 Å². The summed E-state index contributed by atoms with van der Waals surface area (Å²) in [5.74, 6) is 0.531. The number of anilines is 1. The zero-order chi connectivity index (χ0) is 27.3. The number of aryl methyl sites for hydroxylation is 1. The van der Waals surface area contributed by atoms with E-state index in [1.165, 1.54) is 54.9 Å². The Morgan fingerprint density at radius 1 is 0.744 bits per heavy atom. The van der Waals surface area contributed by atoms with Gasteiger partial charge in [-0.15, -0.1) is 0 Å². The van der Waals surface area contributed by atoms with E-state index in [0.717, 1.165) is 12.1 Å². The van der Waals surface area contributed by atoms with Gasteiger partial charge in [0.15, 0.2) is 0 Å². The standard InChI is InChI=1S/C38H39N/c1-23-12-16-26(17-13-23)39-38(6,7)25-15-18-28-29-21-34-30(22-33(29)37(4,5)32(28)20-25)35-27-11-9-8-10-24(27)14-19-31(35)36(34,2)3/h8-18,20-22,31,39H,19H2,1-7H3. The molecule has 0 saturated carbocycles. The van der Waals surface area contributed by atoms with Crippen molar-refractivity contribution >= 4 is 17.3 Å². The molecule has 39 heavy (non-hydrogen) atoms. The van der Waals surface area contributed by atoms with Gasteiger partial charge in [0.1, 0.15) is 0 Å². The minimum atomic E-state index is -0.190. The molecular formula is C38H39N. The van der Waals surface area contributed by atoms with E-state index < -0.39 is 0 Å². The first kappa shape index (κ1) is 24.5. The first-order valence-electron chi connectivity index (χ1n) is 14.5. The molecule has 0 fully saturated rings. The first-order valence-corrected chi connectivity index (χ1v) is 14.5. The molecule has 196 valence electrons. The van der Waals surface area contributed by atoms with E-state index in [4.69, 9.17) is 0 Å². The number of rotatable bonds is 3. The van der Waals surface area contributed by atoms with Gasteiger partial charge in [-0.1, -0.05) is 93.9 Å². The quantitative estimate of drug-likeness (QED) is 0.296. The van der Waals surface area contributed by atoms with E-state index in [-0.39, 0.29) is 16.4 Å². The van der Waals surface area contributed by atoms with E-state index in [1.807, 2.05) is 0 Å². The van der Waals surface area contributed by atoms with E-state index in [2.05, 4.69) is 139 Å². The van der Waals surface area contributed by atoms with Gasteiger partial charge in [0.2, 0.25) is 0 Å². The summed E-state index contributed by atoms with van der Waals surface area (Å²) in [5, 5.41) is 6.61. The molecule has 0 aromatic heterocycles. The van der Waals surface area contributed by atoms with Crippen molar-refractivity contribution in [2.24, 2.45) is 5.92 Å². The zero-order valence-corrected chi connectivity index (χ0v) is 24.4. The molecule has 1 N–H and O–H groups in total. The molecule has 0 amide bonds. The lowest BCUT2D eigenvalue weighted by Crippen LogP contribution is -2.35. The van der Waals surface area contributed by atoms with Crippen LogP contribution < -0.4 is 15.8 Å². The van der Waals surface area contributed by atoms with Crippen LogP contribution in [0, 0.1) is 12.8 Å². The molecule has 0 heterocycles. The first-order chi connectivity index (χ1) is 18.5. The third-order valence-corrected chi connectivity index (χ3v) is 10.1. The summed E-state index contributed by atoms with van der Waals surface area (Å²) in [6.07, 6.45) is 3.57. The summed E-state index contributed by atoms with van der Waals surface area (Å²) in [6.45, 7) is 16.5. The third-order valence-electron chi connectivity index (χ3n) is 10.1. The molecule has 1 nitrogen and oxygen atoms in total. The minimum absolute atomic E-state index is 0.0568. The van der Waals surface area contributed by atoms with Gasteiger partial charge in [-0.2, -0.15) is 0 Å². The van der Waals surface area contributed by atoms with Crippen molar-refractivity contribution in [2.75, 3.05) is 5.32 Å². The molecule has 4 aromatic rings. The molecule has 1 atom stereocenters. The Bertz CT molecular complexity index is 1780. The molecule has 3 aliphatic rings. The Morgan fingerprint density at radius 3 is 2.21 bits per heavy atom. The van der Waals surface area contributed by atoms with Crippen molar-refractivity contribution in [2.45, 2.75) is 71.3 Å². The van der Waals surface area contributed by atoms with Crippen LogP contribution in [0.2, 0.25) is 0 Å². The lowest BCUT2D eigenvalue weighted by Gasteiger charge is -2.30. The fourth-order valence-corrected chi connectivity index (χ4v) is 7.64. The summed E-state index contributed by atoms with van der Waals surface area (Å²) in [7, 11) is 0. The Morgan fingerprint density at radius 2 is 1.44 bits per heavy atom. The van der Waals surface area contributed by atoms with Crippen molar-refractivity contribution < 1.29 is 0 Å². The van der Waals surface area contributed by atoms with Gasteiger partial charge in [0.25, 0.3) is 0 Å². The lowest BCUT2D eigenvalue weighted by atomic mass is 9.74. The average Bonchev–Trinajstić information content (AvgIpc) is 3.28. The third kappa shape index (κ3) is 3.45. The summed E-state index contributed by atoms with van der Waals surface area (Å²) in [4.78, 5) is 0. The monoisotopic (exact) mass is 509 g/mol. The fraction of sp³-hybridized carbons (Fsp3) is 0.316. The molecule has 0 saturated heterocycles. The maximum absolute atomic E-state index is 3.78. The van der Waals surface area contributed by atoms with Crippen LogP contribution in [0.4, 0.5) is 5.69 Å². The van der Waals surface area contributed by atoms with Crippen LogP contribution in [0.15, 0.2) is 78.9 Å². The number of hydrogen-bond donors (Lipinski definition) is 1. The molecule has 7 rings (SSSR count). The Balaban J connectivity index is 1.37. The van der Waals surface area contributed by atoms with Crippen molar-refractivity contribution in [3.63, 3.8) is 0 Å². The molecule has 3 aliphatic carbocycles. The minimum Gasteiger partial charge on any atom is -0.376 e. The molecule has 0 bridgehead atoms.